The van der Waals surface area contributed by atoms with Crippen LogP contribution in [0.4, 0.5) is 18.9 Å². The summed E-state index contributed by atoms with van der Waals surface area (Å²) in [6.07, 6.45) is -4.63. The highest BCUT2D eigenvalue weighted by Crippen LogP contribution is 2.33. The second kappa shape index (κ2) is 6.38. The van der Waals surface area contributed by atoms with E-state index in [1.54, 1.807) is 0 Å². The lowest BCUT2D eigenvalue weighted by atomic mass is 10.1. The van der Waals surface area contributed by atoms with Crippen molar-refractivity contribution in [3.05, 3.63) is 58.6 Å². The SMILES string of the molecule is O=S(=O)(Nc1cc(C(F)(F)F)ccc1CO)c1ccc(Cl)cc1. The predicted molar refractivity (Wildman–Crippen MR) is 79.6 cm³/mol. The molecule has 0 aliphatic rings. The summed E-state index contributed by atoms with van der Waals surface area (Å²) < 4.78 is 64.8. The van der Waals surface area contributed by atoms with Gasteiger partial charge in [-0.15, -0.1) is 0 Å². The standard InChI is InChI=1S/C14H11ClF3NO3S/c15-11-3-5-12(6-4-11)23(21,22)19-13-7-10(14(16,17)18)2-1-9(13)8-20/h1-7,19-20H,8H2. The number of aliphatic hydroxyl groups excluding tert-OH is 1. The number of rotatable bonds is 4. The van der Waals surface area contributed by atoms with E-state index < -0.39 is 28.4 Å². The van der Waals surface area contributed by atoms with Gasteiger partial charge in [-0.3, -0.25) is 4.72 Å². The van der Waals surface area contributed by atoms with Gasteiger partial charge in [0.2, 0.25) is 0 Å². The van der Waals surface area contributed by atoms with Crippen molar-refractivity contribution in [2.75, 3.05) is 4.72 Å². The summed E-state index contributed by atoms with van der Waals surface area (Å²) in [5.41, 5.74) is -1.34. The maximum absolute atomic E-state index is 12.7. The molecule has 0 fully saturated rings. The zero-order valence-corrected chi connectivity index (χ0v) is 13.0. The van der Waals surface area contributed by atoms with Gasteiger partial charge in [-0.25, -0.2) is 8.42 Å². The molecule has 0 amide bonds. The van der Waals surface area contributed by atoms with Crippen molar-refractivity contribution in [2.24, 2.45) is 0 Å². The van der Waals surface area contributed by atoms with E-state index >= 15 is 0 Å². The fourth-order valence-electron chi connectivity index (χ4n) is 1.80. The van der Waals surface area contributed by atoms with Crippen molar-refractivity contribution in [1.82, 2.24) is 0 Å². The van der Waals surface area contributed by atoms with Crippen LogP contribution in [0.25, 0.3) is 0 Å². The van der Waals surface area contributed by atoms with Crippen LogP contribution in [0.1, 0.15) is 11.1 Å². The van der Waals surface area contributed by atoms with Crippen LogP contribution in [-0.4, -0.2) is 13.5 Å². The first-order valence-corrected chi connectivity index (χ1v) is 8.09. The van der Waals surface area contributed by atoms with E-state index in [2.05, 4.69) is 4.72 Å². The Morgan fingerprint density at radius 1 is 1.09 bits per heavy atom. The molecule has 2 aromatic rings. The Balaban J connectivity index is 2.43. The number of hydrogen-bond acceptors (Lipinski definition) is 3. The molecule has 0 spiro atoms. The zero-order chi connectivity index (χ0) is 17.3. The van der Waals surface area contributed by atoms with Gasteiger partial charge in [-0.1, -0.05) is 17.7 Å². The van der Waals surface area contributed by atoms with Crippen molar-refractivity contribution in [2.45, 2.75) is 17.7 Å². The van der Waals surface area contributed by atoms with Crippen LogP contribution in [0.15, 0.2) is 47.4 Å². The molecule has 23 heavy (non-hydrogen) atoms. The summed E-state index contributed by atoms with van der Waals surface area (Å²) in [6, 6.07) is 7.55. The summed E-state index contributed by atoms with van der Waals surface area (Å²) in [6.45, 7) is -0.614. The van der Waals surface area contributed by atoms with Crippen molar-refractivity contribution in [3.8, 4) is 0 Å². The highest BCUT2D eigenvalue weighted by Gasteiger charge is 2.31. The lowest BCUT2D eigenvalue weighted by Gasteiger charge is -2.14. The summed E-state index contributed by atoms with van der Waals surface area (Å²) in [7, 11) is -4.11. The monoisotopic (exact) mass is 365 g/mol. The third-order valence-electron chi connectivity index (χ3n) is 2.98. The van der Waals surface area contributed by atoms with Crippen LogP contribution in [0, 0.1) is 0 Å². The van der Waals surface area contributed by atoms with Crippen molar-refractivity contribution >= 4 is 27.3 Å². The van der Waals surface area contributed by atoms with Crippen LogP contribution in [0.3, 0.4) is 0 Å². The minimum absolute atomic E-state index is 0.0236. The first-order valence-electron chi connectivity index (χ1n) is 6.23. The Labute approximate surface area is 135 Å². The Kier molecular flexibility index (Phi) is 4.88. The van der Waals surface area contributed by atoms with Gasteiger partial charge in [0.25, 0.3) is 10.0 Å². The van der Waals surface area contributed by atoms with Gasteiger partial charge in [0.05, 0.1) is 22.8 Å². The average Bonchev–Trinajstić information content (AvgIpc) is 2.46. The number of aliphatic hydroxyl groups is 1. The molecule has 2 aromatic carbocycles. The summed E-state index contributed by atoms with van der Waals surface area (Å²) >= 11 is 5.67. The number of hydrogen-bond donors (Lipinski definition) is 2. The number of alkyl halides is 3. The molecule has 0 saturated heterocycles. The molecule has 0 atom stereocenters. The Morgan fingerprint density at radius 2 is 1.70 bits per heavy atom. The quantitative estimate of drug-likeness (QED) is 0.869. The predicted octanol–water partition coefficient (Wildman–Crippen LogP) is 3.65. The molecule has 9 heteroatoms. The van der Waals surface area contributed by atoms with Crippen LogP contribution in [-0.2, 0) is 22.8 Å². The maximum atomic E-state index is 12.7. The molecule has 0 aliphatic carbocycles. The first-order chi connectivity index (χ1) is 10.6. The molecule has 0 aromatic heterocycles. The summed E-state index contributed by atoms with van der Waals surface area (Å²) in [4.78, 5) is -0.164. The third kappa shape index (κ3) is 4.15. The van der Waals surface area contributed by atoms with Crippen molar-refractivity contribution in [3.63, 3.8) is 0 Å². The molecular formula is C14H11ClF3NO3S. The molecular weight excluding hydrogens is 355 g/mol. The Hall–Kier alpha value is -1.77. The molecule has 2 rings (SSSR count). The van der Waals surface area contributed by atoms with E-state index in [0.717, 1.165) is 12.1 Å². The van der Waals surface area contributed by atoms with Gasteiger partial charge in [-0.2, -0.15) is 13.2 Å². The number of benzene rings is 2. The topological polar surface area (TPSA) is 66.4 Å². The molecule has 0 saturated carbocycles. The number of sulfonamides is 1. The molecule has 0 aliphatic heterocycles. The molecule has 124 valence electrons. The average molecular weight is 366 g/mol. The van der Waals surface area contributed by atoms with Gasteiger partial charge in [0, 0.05) is 10.6 Å². The second-order valence-electron chi connectivity index (χ2n) is 4.59. The Bertz CT molecular complexity index is 805. The van der Waals surface area contributed by atoms with E-state index in [1.807, 2.05) is 0 Å². The summed E-state index contributed by atoms with van der Waals surface area (Å²) in [5, 5.41) is 9.50. The lowest BCUT2D eigenvalue weighted by Crippen LogP contribution is -2.15. The highest BCUT2D eigenvalue weighted by atomic mass is 35.5. The van der Waals surface area contributed by atoms with Gasteiger partial charge in [0.1, 0.15) is 0 Å². The minimum Gasteiger partial charge on any atom is -0.392 e. The molecule has 2 N–H and O–H groups in total. The molecule has 4 nitrogen and oxygen atoms in total. The Morgan fingerprint density at radius 3 is 2.22 bits per heavy atom. The van der Waals surface area contributed by atoms with Crippen molar-refractivity contribution in [1.29, 1.82) is 0 Å². The van der Waals surface area contributed by atoms with Gasteiger partial charge < -0.3 is 5.11 Å². The number of nitrogens with one attached hydrogen (secondary N) is 1. The fourth-order valence-corrected chi connectivity index (χ4v) is 3.02. The highest BCUT2D eigenvalue weighted by molar-refractivity contribution is 7.92. The van der Waals surface area contributed by atoms with E-state index in [4.69, 9.17) is 11.6 Å². The van der Waals surface area contributed by atoms with Gasteiger partial charge in [0.15, 0.2) is 0 Å². The number of anilines is 1. The van der Waals surface area contributed by atoms with Crippen LogP contribution >= 0.6 is 11.6 Å². The van der Waals surface area contributed by atoms with E-state index in [-0.39, 0.29) is 16.1 Å². The van der Waals surface area contributed by atoms with Gasteiger partial charge in [-0.05, 0) is 36.4 Å². The van der Waals surface area contributed by atoms with Crippen LogP contribution in [0.5, 0.6) is 0 Å². The zero-order valence-electron chi connectivity index (χ0n) is 11.4. The van der Waals surface area contributed by atoms with Crippen LogP contribution < -0.4 is 4.72 Å². The van der Waals surface area contributed by atoms with Crippen molar-refractivity contribution < 1.29 is 26.7 Å². The number of halogens is 4. The minimum atomic E-state index is -4.63. The van der Waals surface area contributed by atoms with Gasteiger partial charge >= 0.3 is 6.18 Å². The second-order valence-corrected chi connectivity index (χ2v) is 6.71. The molecule has 0 bridgehead atoms. The normalized spacial score (nSPS) is 12.2. The molecule has 0 radical (unpaired) electrons. The maximum Gasteiger partial charge on any atom is 0.416 e. The fraction of sp³-hybridized carbons (Fsp3) is 0.143. The smallest absolute Gasteiger partial charge is 0.392 e. The molecule has 0 unspecified atom stereocenters. The van der Waals surface area contributed by atoms with E-state index in [9.17, 15) is 26.7 Å². The summed E-state index contributed by atoms with van der Waals surface area (Å²) in [5.74, 6) is 0. The van der Waals surface area contributed by atoms with Crippen LogP contribution in [0.2, 0.25) is 5.02 Å². The third-order valence-corrected chi connectivity index (χ3v) is 4.61. The largest absolute Gasteiger partial charge is 0.416 e. The van der Waals surface area contributed by atoms with E-state index in [0.29, 0.717) is 11.1 Å². The lowest BCUT2D eigenvalue weighted by molar-refractivity contribution is -0.137. The molecule has 0 heterocycles. The first kappa shape index (κ1) is 17.6. The van der Waals surface area contributed by atoms with E-state index in [1.165, 1.54) is 24.3 Å².